The molecule has 1 amide bonds. The maximum Gasteiger partial charge on any atom is 0.227 e. The molecule has 5 heteroatoms. The van der Waals surface area contributed by atoms with E-state index in [-0.39, 0.29) is 11.9 Å². The van der Waals surface area contributed by atoms with Gasteiger partial charge in [-0.25, -0.2) is 0 Å². The van der Waals surface area contributed by atoms with Crippen molar-refractivity contribution in [3.8, 4) is 5.75 Å². The van der Waals surface area contributed by atoms with Crippen LogP contribution in [-0.4, -0.2) is 35.5 Å². The lowest BCUT2D eigenvalue weighted by molar-refractivity contribution is -0.134. The van der Waals surface area contributed by atoms with E-state index in [2.05, 4.69) is 11.1 Å². The normalized spacial score (nSPS) is 17.3. The van der Waals surface area contributed by atoms with E-state index >= 15 is 0 Å². The number of hydrogen-bond acceptors (Lipinski definition) is 4. The molecule has 1 aromatic heterocycles. The summed E-state index contributed by atoms with van der Waals surface area (Å²) in [4.78, 5) is 19.1. The summed E-state index contributed by atoms with van der Waals surface area (Å²) in [6.45, 7) is 1.81. The van der Waals surface area contributed by atoms with Crippen LogP contribution in [0.15, 0.2) is 48.8 Å². The predicted molar refractivity (Wildman–Crippen MR) is 97.2 cm³/mol. The SMILES string of the molecule is NCCOc1ccc(CC(=O)N2CCCCC2c2cccnc2)cc1. The molecule has 1 aromatic carbocycles. The Morgan fingerprint density at radius 3 is 2.80 bits per heavy atom. The van der Waals surface area contributed by atoms with Crippen molar-refractivity contribution in [1.82, 2.24) is 9.88 Å². The highest BCUT2D eigenvalue weighted by Crippen LogP contribution is 2.31. The van der Waals surface area contributed by atoms with Crippen molar-refractivity contribution < 1.29 is 9.53 Å². The van der Waals surface area contributed by atoms with Gasteiger partial charge >= 0.3 is 0 Å². The van der Waals surface area contributed by atoms with E-state index in [0.29, 0.717) is 19.6 Å². The summed E-state index contributed by atoms with van der Waals surface area (Å²) >= 11 is 0. The highest BCUT2D eigenvalue weighted by molar-refractivity contribution is 5.79. The molecule has 25 heavy (non-hydrogen) atoms. The van der Waals surface area contributed by atoms with Crippen molar-refractivity contribution in [3.05, 3.63) is 59.9 Å². The second-order valence-corrected chi connectivity index (χ2v) is 6.34. The number of amides is 1. The topological polar surface area (TPSA) is 68.5 Å². The zero-order valence-electron chi connectivity index (χ0n) is 14.4. The van der Waals surface area contributed by atoms with Gasteiger partial charge in [0.1, 0.15) is 12.4 Å². The molecule has 3 rings (SSSR count). The number of carbonyl (C=O) groups excluding carboxylic acids is 1. The van der Waals surface area contributed by atoms with Gasteiger partial charge in [-0.3, -0.25) is 9.78 Å². The maximum atomic E-state index is 12.9. The molecule has 1 unspecified atom stereocenters. The fourth-order valence-corrected chi connectivity index (χ4v) is 3.31. The fraction of sp³-hybridized carbons (Fsp3) is 0.400. The van der Waals surface area contributed by atoms with Gasteiger partial charge in [0.05, 0.1) is 12.5 Å². The van der Waals surface area contributed by atoms with Crippen molar-refractivity contribution in [1.29, 1.82) is 0 Å². The summed E-state index contributed by atoms with van der Waals surface area (Å²) in [6, 6.07) is 11.8. The standard InChI is InChI=1S/C20H25N3O2/c21-10-13-25-18-8-6-16(7-9-18)14-20(24)23-12-2-1-5-19(23)17-4-3-11-22-15-17/h3-4,6-9,11,15,19H,1-2,5,10,12-14,21H2. The number of benzene rings is 1. The lowest BCUT2D eigenvalue weighted by Gasteiger charge is -2.36. The average molecular weight is 339 g/mol. The lowest BCUT2D eigenvalue weighted by atomic mass is 9.95. The second-order valence-electron chi connectivity index (χ2n) is 6.34. The fourth-order valence-electron chi connectivity index (χ4n) is 3.31. The molecule has 2 heterocycles. The van der Waals surface area contributed by atoms with Crippen molar-refractivity contribution in [2.75, 3.05) is 19.7 Å². The number of nitrogens with zero attached hydrogens (tertiary/aromatic N) is 2. The van der Waals surface area contributed by atoms with Crippen molar-refractivity contribution in [3.63, 3.8) is 0 Å². The van der Waals surface area contributed by atoms with E-state index < -0.39 is 0 Å². The molecule has 1 saturated heterocycles. The molecule has 5 nitrogen and oxygen atoms in total. The molecule has 0 radical (unpaired) electrons. The molecule has 0 aliphatic carbocycles. The Labute approximate surface area is 148 Å². The zero-order valence-corrected chi connectivity index (χ0v) is 14.4. The Bertz CT molecular complexity index is 673. The summed E-state index contributed by atoms with van der Waals surface area (Å²) in [6.07, 6.45) is 7.27. The molecular weight excluding hydrogens is 314 g/mol. The number of rotatable bonds is 6. The van der Waals surface area contributed by atoms with Gasteiger partial charge in [0, 0.05) is 25.5 Å². The monoisotopic (exact) mass is 339 g/mol. The van der Waals surface area contributed by atoms with Crippen LogP contribution in [0.4, 0.5) is 0 Å². The third-order valence-electron chi connectivity index (χ3n) is 4.56. The van der Waals surface area contributed by atoms with Gasteiger partial charge in [-0.05, 0) is 48.6 Å². The lowest BCUT2D eigenvalue weighted by Crippen LogP contribution is -2.39. The Morgan fingerprint density at radius 2 is 2.08 bits per heavy atom. The average Bonchev–Trinajstić information content (AvgIpc) is 2.68. The van der Waals surface area contributed by atoms with Crippen molar-refractivity contribution >= 4 is 5.91 Å². The number of piperidine rings is 1. The Hall–Kier alpha value is -2.40. The number of likely N-dealkylation sites (tertiary alicyclic amines) is 1. The van der Waals surface area contributed by atoms with Crippen LogP contribution >= 0.6 is 0 Å². The molecule has 1 aliphatic rings. The van der Waals surface area contributed by atoms with Gasteiger partial charge in [0.15, 0.2) is 0 Å². The highest BCUT2D eigenvalue weighted by Gasteiger charge is 2.27. The summed E-state index contributed by atoms with van der Waals surface area (Å²) in [5, 5.41) is 0. The van der Waals surface area contributed by atoms with Gasteiger partial charge in [0.2, 0.25) is 5.91 Å². The summed E-state index contributed by atoms with van der Waals surface area (Å²) in [5.41, 5.74) is 7.56. The maximum absolute atomic E-state index is 12.9. The highest BCUT2D eigenvalue weighted by atomic mass is 16.5. The van der Waals surface area contributed by atoms with Crippen LogP contribution in [0, 0.1) is 0 Å². The summed E-state index contributed by atoms with van der Waals surface area (Å²) < 4.78 is 5.48. The van der Waals surface area contributed by atoms with E-state index in [0.717, 1.165) is 42.7 Å². The van der Waals surface area contributed by atoms with E-state index in [1.54, 1.807) is 6.20 Å². The van der Waals surface area contributed by atoms with Crippen molar-refractivity contribution in [2.24, 2.45) is 5.73 Å². The van der Waals surface area contributed by atoms with Gasteiger partial charge in [-0.1, -0.05) is 18.2 Å². The number of pyridine rings is 1. The molecular formula is C20H25N3O2. The molecule has 2 N–H and O–H groups in total. The number of carbonyl (C=O) groups is 1. The van der Waals surface area contributed by atoms with E-state index in [1.165, 1.54) is 0 Å². The van der Waals surface area contributed by atoms with Crippen LogP contribution in [0.25, 0.3) is 0 Å². The number of hydrogen-bond donors (Lipinski definition) is 1. The van der Waals surface area contributed by atoms with Crippen LogP contribution in [-0.2, 0) is 11.2 Å². The molecule has 0 saturated carbocycles. The summed E-state index contributed by atoms with van der Waals surface area (Å²) in [7, 11) is 0. The number of ether oxygens (including phenoxy) is 1. The van der Waals surface area contributed by atoms with Crippen LogP contribution in [0.3, 0.4) is 0 Å². The first-order chi connectivity index (χ1) is 12.3. The Balaban J connectivity index is 1.66. The third-order valence-corrected chi connectivity index (χ3v) is 4.56. The second kappa shape index (κ2) is 8.62. The first-order valence-corrected chi connectivity index (χ1v) is 8.89. The van der Waals surface area contributed by atoms with Crippen LogP contribution in [0.2, 0.25) is 0 Å². The van der Waals surface area contributed by atoms with E-state index in [4.69, 9.17) is 10.5 Å². The van der Waals surface area contributed by atoms with Gasteiger partial charge in [-0.2, -0.15) is 0 Å². The Kier molecular flexibility index (Phi) is 6.01. The van der Waals surface area contributed by atoms with Crippen molar-refractivity contribution in [2.45, 2.75) is 31.7 Å². The van der Waals surface area contributed by atoms with E-state index in [9.17, 15) is 4.79 Å². The first-order valence-electron chi connectivity index (χ1n) is 8.89. The minimum Gasteiger partial charge on any atom is -0.492 e. The van der Waals surface area contributed by atoms with Gasteiger partial charge in [-0.15, -0.1) is 0 Å². The van der Waals surface area contributed by atoms with Gasteiger partial charge in [0.25, 0.3) is 0 Å². The van der Waals surface area contributed by atoms with E-state index in [1.807, 2.05) is 41.4 Å². The predicted octanol–water partition coefficient (Wildman–Crippen LogP) is 2.72. The largest absolute Gasteiger partial charge is 0.492 e. The molecule has 1 fully saturated rings. The molecule has 0 spiro atoms. The van der Waals surface area contributed by atoms with Crippen LogP contribution in [0.5, 0.6) is 5.75 Å². The smallest absolute Gasteiger partial charge is 0.227 e. The summed E-state index contributed by atoms with van der Waals surface area (Å²) in [5.74, 6) is 0.956. The third kappa shape index (κ3) is 4.57. The molecule has 132 valence electrons. The zero-order chi connectivity index (χ0) is 17.5. The molecule has 1 aliphatic heterocycles. The quantitative estimate of drug-likeness (QED) is 0.878. The molecule has 0 bridgehead atoms. The van der Waals surface area contributed by atoms with Gasteiger partial charge < -0.3 is 15.4 Å². The van der Waals surface area contributed by atoms with Crippen LogP contribution in [0.1, 0.15) is 36.4 Å². The number of nitrogens with two attached hydrogens (primary N) is 1. The molecule has 1 atom stereocenters. The number of aromatic nitrogens is 1. The molecule has 2 aromatic rings. The Morgan fingerprint density at radius 1 is 1.24 bits per heavy atom. The van der Waals surface area contributed by atoms with Crippen LogP contribution < -0.4 is 10.5 Å². The first kappa shape index (κ1) is 17.4. The minimum absolute atomic E-state index is 0.141. The minimum atomic E-state index is 0.141.